The van der Waals surface area contributed by atoms with Crippen LogP contribution in [0.2, 0.25) is 0 Å². The summed E-state index contributed by atoms with van der Waals surface area (Å²) in [6.45, 7) is 7.99. The molecular formula is C15H24FNO. The molecule has 0 bridgehead atoms. The molecule has 1 aromatic rings. The standard InChI is InChI=1S/C15H24FNO/c1-12(2)18-10-4-9-17-13(3)11-14-5-7-15(16)8-6-14/h5-8,12-13,17H,4,9-11H2,1-3H3. The van der Waals surface area contributed by atoms with Crippen molar-refractivity contribution >= 4 is 0 Å². The molecule has 0 heterocycles. The molecule has 0 aliphatic rings. The summed E-state index contributed by atoms with van der Waals surface area (Å²) in [5.41, 5.74) is 1.16. The van der Waals surface area contributed by atoms with Crippen molar-refractivity contribution in [1.82, 2.24) is 5.32 Å². The Balaban J connectivity index is 2.13. The van der Waals surface area contributed by atoms with Crippen molar-refractivity contribution in [2.45, 2.75) is 45.8 Å². The second-order valence-electron chi connectivity index (χ2n) is 4.96. The minimum absolute atomic E-state index is 0.176. The van der Waals surface area contributed by atoms with Crippen molar-refractivity contribution in [2.75, 3.05) is 13.2 Å². The molecule has 1 unspecified atom stereocenters. The fourth-order valence-electron chi connectivity index (χ4n) is 1.79. The molecule has 0 aliphatic carbocycles. The van der Waals surface area contributed by atoms with E-state index in [0.717, 1.165) is 31.6 Å². The van der Waals surface area contributed by atoms with Gasteiger partial charge in [0.15, 0.2) is 0 Å². The largest absolute Gasteiger partial charge is 0.379 e. The molecule has 102 valence electrons. The quantitative estimate of drug-likeness (QED) is 0.719. The summed E-state index contributed by atoms with van der Waals surface area (Å²) in [5.74, 6) is -0.176. The topological polar surface area (TPSA) is 21.3 Å². The van der Waals surface area contributed by atoms with E-state index in [1.54, 1.807) is 0 Å². The molecule has 1 aromatic carbocycles. The van der Waals surface area contributed by atoms with Crippen molar-refractivity contribution in [3.63, 3.8) is 0 Å². The predicted octanol–water partition coefficient (Wildman–Crippen LogP) is 3.16. The molecule has 18 heavy (non-hydrogen) atoms. The Bertz CT molecular complexity index is 324. The van der Waals surface area contributed by atoms with Gasteiger partial charge < -0.3 is 10.1 Å². The Labute approximate surface area is 110 Å². The highest BCUT2D eigenvalue weighted by Crippen LogP contribution is 2.05. The lowest BCUT2D eigenvalue weighted by Crippen LogP contribution is -2.29. The third kappa shape index (κ3) is 6.72. The SMILES string of the molecule is CC(Cc1ccc(F)cc1)NCCCOC(C)C. The van der Waals surface area contributed by atoms with E-state index in [1.807, 2.05) is 26.0 Å². The van der Waals surface area contributed by atoms with Crippen molar-refractivity contribution < 1.29 is 9.13 Å². The van der Waals surface area contributed by atoms with E-state index in [9.17, 15) is 4.39 Å². The van der Waals surface area contributed by atoms with Gasteiger partial charge in [-0.25, -0.2) is 4.39 Å². The van der Waals surface area contributed by atoms with Gasteiger partial charge >= 0.3 is 0 Å². The molecule has 1 N–H and O–H groups in total. The molecule has 0 amide bonds. The Kier molecular flexibility index (Phi) is 6.91. The third-order valence-electron chi connectivity index (χ3n) is 2.72. The normalized spacial score (nSPS) is 12.9. The van der Waals surface area contributed by atoms with Crippen molar-refractivity contribution in [3.05, 3.63) is 35.6 Å². The van der Waals surface area contributed by atoms with E-state index in [4.69, 9.17) is 4.74 Å². The van der Waals surface area contributed by atoms with Crippen LogP contribution in [-0.4, -0.2) is 25.3 Å². The molecule has 2 nitrogen and oxygen atoms in total. The van der Waals surface area contributed by atoms with Gasteiger partial charge in [0.2, 0.25) is 0 Å². The molecule has 3 heteroatoms. The van der Waals surface area contributed by atoms with E-state index >= 15 is 0 Å². The summed E-state index contributed by atoms with van der Waals surface area (Å²) in [4.78, 5) is 0. The minimum Gasteiger partial charge on any atom is -0.379 e. The Morgan fingerprint density at radius 2 is 1.83 bits per heavy atom. The number of hydrogen-bond acceptors (Lipinski definition) is 2. The van der Waals surface area contributed by atoms with Crippen molar-refractivity contribution in [2.24, 2.45) is 0 Å². The molecule has 0 radical (unpaired) electrons. The van der Waals surface area contributed by atoms with Crippen LogP contribution in [-0.2, 0) is 11.2 Å². The van der Waals surface area contributed by atoms with Crippen LogP contribution in [0.15, 0.2) is 24.3 Å². The maximum atomic E-state index is 12.7. The number of hydrogen-bond donors (Lipinski definition) is 1. The zero-order chi connectivity index (χ0) is 13.4. The molecule has 0 spiro atoms. The van der Waals surface area contributed by atoms with Crippen LogP contribution in [0.25, 0.3) is 0 Å². The van der Waals surface area contributed by atoms with Gasteiger partial charge in [-0.15, -0.1) is 0 Å². The molecule has 1 atom stereocenters. The maximum Gasteiger partial charge on any atom is 0.123 e. The van der Waals surface area contributed by atoms with E-state index in [1.165, 1.54) is 12.1 Å². The zero-order valence-electron chi connectivity index (χ0n) is 11.6. The number of rotatable bonds is 8. The van der Waals surface area contributed by atoms with E-state index in [2.05, 4.69) is 12.2 Å². The van der Waals surface area contributed by atoms with Crippen LogP contribution in [0.3, 0.4) is 0 Å². The van der Waals surface area contributed by atoms with Crippen LogP contribution in [0.4, 0.5) is 4.39 Å². The molecule has 0 saturated heterocycles. The highest BCUT2D eigenvalue weighted by atomic mass is 19.1. The summed E-state index contributed by atoms with van der Waals surface area (Å²) in [5, 5.41) is 3.45. The Morgan fingerprint density at radius 3 is 2.44 bits per heavy atom. The Morgan fingerprint density at radius 1 is 1.17 bits per heavy atom. The lowest BCUT2D eigenvalue weighted by molar-refractivity contribution is 0.0768. The summed E-state index contributed by atoms with van der Waals surface area (Å²) in [7, 11) is 0. The maximum absolute atomic E-state index is 12.7. The van der Waals surface area contributed by atoms with Crippen LogP contribution < -0.4 is 5.32 Å². The number of ether oxygens (including phenoxy) is 1. The fraction of sp³-hybridized carbons (Fsp3) is 0.600. The second kappa shape index (κ2) is 8.22. The molecule has 0 saturated carbocycles. The van der Waals surface area contributed by atoms with E-state index < -0.39 is 0 Å². The first kappa shape index (κ1) is 15.1. The molecule has 0 aromatic heterocycles. The summed E-state index contributed by atoms with van der Waals surface area (Å²) in [6.07, 6.45) is 2.25. The monoisotopic (exact) mass is 253 g/mol. The van der Waals surface area contributed by atoms with E-state index in [-0.39, 0.29) is 5.82 Å². The van der Waals surface area contributed by atoms with Gasteiger partial charge in [-0.3, -0.25) is 0 Å². The average molecular weight is 253 g/mol. The second-order valence-corrected chi connectivity index (χ2v) is 4.96. The number of benzene rings is 1. The van der Waals surface area contributed by atoms with Crippen LogP contribution in [0.1, 0.15) is 32.8 Å². The fourth-order valence-corrected chi connectivity index (χ4v) is 1.79. The Hall–Kier alpha value is -0.930. The molecule has 0 aliphatic heterocycles. The van der Waals surface area contributed by atoms with Gasteiger partial charge in [0, 0.05) is 12.6 Å². The third-order valence-corrected chi connectivity index (χ3v) is 2.72. The van der Waals surface area contributed by atoms with E-state index in [0.29, 0.717) is 12.1 Å². The highest BCUT2D eigenvalue weighted by Gasteiger charge is 2.03. The first-order chi connectivity index (χ1) is 8.58. The first-order valence-electron chi connectivity index (χ1n) is 6.67. The molecule has 1 rings (SSSR count). The van der Waals surface area contributed by atoms with Gasteiger partial charge in [0.25, 0.3) is 0 Å². The highest BCUT2D eigenvalue weighted by molar-refractivity contribution is 5.16. The van der Waals surface area contributed by atoms with Crippen LogP contribution in [0, 0.1) is 5.82 Å². The molecule has 0 fully saturated rings. The van der Waals surface area contributed by atoms with Gasteiger partial charge in [0.1, 0.15) is 5.82 Å². The predicted molar refractivity (Wildman–Crippen MR) is 73.3 cm³/mol. The van der Waals surface area contributed by atoms with Crippen LogP contribution >= 0.6 is 0 Å². The average Bonchev–Trinajstić information content (AvgIpc) is 2.31. The minimum atomic E-state index is -0.176. The van der Waals surface area contributed by atoms with Gasteiger partial charge in [0.05, 0.1) is 6.10 Å². The summed E-state index contributed by atoms with van der Waals surface area (Å²) >= 11 is 0. The van der Waals surface area contributed by atoms with Crippen molar-refractivity contribution in [3.8, 4) is 0 Å². The molecular weight excluding hydrogens is 229 g/mol. The lowest BCUT2D eigenvalue weighted by Gasteiger charge is -2.14. The van der Waals surface area contributed by atoms with Crippen LogP contribution in [0.5, 0.6) is 0 Å². The van der Waals surface area contributed by atoms with Gasteiger partial charge in [-0.1, -0.05) is 12.1 Å². The number of halogens is 1. The van der Waals surface area contributed by atoms with Gasteiger partial charge in [-0.05, 0) is 57.9 Å². The zero-order valence-corrected chi connectivity index (χ0v) is 11.6. The summed E-state index contributed by atoms with van der Waals surface area (Å²) < 4.78 is 18.2. The van der Waals surface area contributed by atoms with Crippen molar-refractivity contribution in [1.29, 1.82) is 0 Å². The lowest BCUT2D eigenvalue weighted by atomic mass is 10.1. The summed E-state index contributed by atoms with van der Waals surface area (Å²) in [6, 6.07) is 7.11. The van der Waals surface area contributed by atoms with Gasteiger partial charge in [-0.2, -0.15) is 0 Å². The first-order valence-corrected chi connectivity index (χ1v) is 6.67. The smallest absolute Gasteiger partial charge is 0.123 e. The number of nitrogens with one attached hydrogen (secondary N) is 1.